The molecule has 124 valence electrons. The molecule has 24 heavy (non-hydrogen) atoms. The van der Waals surface area contributed by atoms with E-state index >= 15 is 0 Å². The first-order valence-corrected chi connectivity index (χ1v) is 8.40. The highest BCUT2D eigenvalue weighted by Gasteiger charge is 2.29. The van der Waals surface area contributed by atoms with Crippen molar-refractivity contribution in [1.29, 1.82) is 0 Å². The fourth-order valence-corrected chi connectivity index (χ4v) is 3.47. The van der Waals surface area contributed by atoms with E-state index in [-0.39, 0.29) is 11.9 Å². The first-order valence-electron chi connectivity index (χ1n) is 8.40. The molecule has 0 spiro atoms. The second kappa shape index (κ2) is 6.11. The smallest absolute Gasteiger partial charge is 0.228 e. The van der Waals surface area contributed by atoms with Gasteiger partial charge in [-0.3, -0.25) is 9.48 Å². The Morgan fingerprint density at radius 2 is 2.25 bits per heavy atom. The lowest BCUT2D eigenvalue weighted by atomic mass is 10.2. The van der Waals surface area contributed by atoms with Crippen LogP contribution in [-0.4, -0.2) is 42.6 Å². The molecule has 1 unspecified atom stereocenters. The lowest BCUT2D eigenvalue weighted by Gasteiger charge is -2.24. The molecule has 1 fully saturated rings. The number of fused-ring (bicyclic) bond motifs is 1. The van der Waals surface area contributed by atoms with E-state index in [1.54, 1.807) is 0 Å². The highest BCUT2D eigenvalue weighted by molar-refractivity contribution is 5.79. The van der Waals surface area contributed by atoms with Gasteiger partial charge in [-0.1, -0.05) is 6.07 Å². The second-order valence-corrected chi connectivity index (χ2v) is 6.50. The topological polar surface area (TPSA) is 55.4 Å². The van der Waals surface area contributed by atoms with Gasteiger partial charge in [0.05, 0.1) is 30.9 Å². The number of hydrogen-bond donors (Lipinski definition) is 0. The zero-order valence-electron chi connectivity index (χ0n) is 13.8. The van der Waals surface area contributed by atoms with Crippen molar-refractivity contribution in [2.24, 2.45) is 0 Å². The number of hydrogen-bond acceptors (Lipinski definition) is 3. The number of carbonyl (C=O) groups is 1. The van der Waals surface area contributed by atoms with E-state index in [4.69, 9.17) is 0 Å². The van der Waals surface area contributed by atoms with Gasteiger partial charge in [-0.25, -0.2) is 4.98 Å². The number of pyridine rings is 1. The molecular weight excluding hydrogens is 302 g/mol. The van der Waals surface area contributed by atoms with Crippen molar-refractivity contribution < 1.29 is 4.79 Å². The van der Waals surface area contributed by atoms with E-state index < -0.39 is 0 Å². The molecule has 0 N–H and O–H groups in total. The number of aromatic nitrogens is 4. The minimum Gasteiger partial charge on any atom is -0.338 e. The maximum absolute atomic E-state index is 12.7. The fourth-order valence-electron chi connectivity index (χ4n) is 3.47. The van der Waals surface area contributed by atoms with Crippen LogP contribution < -0.4 is 0 Å². The minimum atomic E-state index is 0.157. The summed E-state index contributed by atoms with van der Waals surface area (Å²) in [5.74, 6) is 0.157. The molecule has 0 saturated carbocycles. The van der Waals surface area contributed by atoms with Crippen LogP contribution in [0.5, 0.6) is 0 Å². The Balaban J connectivity index is 1.46. The van der Waals surface area contributed by atoms with E-state index in [0.29, 0.717) is 6.42 Å². The van der Waals surface area contributed by atoms with Crippen molar-refractivity contribution >= 4 is 11.6 Å². The first kappa shape index (κ1) is 14.9. The summed E-state index contributed by atoms with van der Waals surface area (Å²) in [6.07, 6.45) is 10.2. The molecule has 1 aliphatic heterocycles. The molecule has 3 aromatic rings. The van der Waals surface area contributed by atoms with Gasteiger partial charge in [0.2, 0.25) is 5.91 Å². The Morgan fingerprint density at radius 1 is 1.33 bits per heavy atom. The average Bonchev–Trinajstić information content (AvgIpc) is 3.27. The molecule has 4 rings (SSSR count). The lowest BCUT2D eigenvalue weighted by Crippen LogP contribution is -2.39. The van der Waals surface area contributed by atoms with Crippen molar-refractivity contribution in [3.8, 4) is 0 Å². The Hall–Kier alpha value is -2.63. The monoisotopic (exact) mass is 323 g/mol. The van der Waals surface area contributed by atoms with Crippen LogP contribution in [0.25, 0.3) is 5.65 Å². The summed E-state index contributed by atoms with van der Waals surface area (Å²) < 4.78 is 3.90. The predicted molar refractivity (Wildman–Crippen MR) is 90.6 cm³/mol. The maximum Gasteiger partial charge on any atom is 0.228 e. The van der Waals surface area contributed by atoms with Crippen LogP contribution in [-0.2, 0) is 17.8 Å². The van der Waals surface area contributed by atoms with Crippen LogP contribution >= 0.6 is 0 Å². The number of rotatable bonds is 4. The summed E-state index contributed by atoms with van der Waals surface area (Å²) in [6, 6.07) is 6.10. The van der Waals surface area contributed by atoms with E-state index in [2.05, 4.69) is 10.1 Å². The van der Waals surface area contributed by atoms with Crippen LogP contribution in [0.3, 0.4) is 0 Å². The van der Waals surface area contributed by atoms with Crippen LogP contribution in [0.4, 0.5) is 0 Å². The van der Waals surface area contributed by atoms with Gasteiger partial charge < -0.3 is 9.30 Å². The van der Waals surface area contributed by atoms with Gasteiger partial charge in [-0.05, 0) is 37.5 Å². The van der Waals surface area contributed by atoms with Crippen molar-refractivity contribution in [3.63, 3.8) is 0 Å². The van der Waals surface area contributed by atoms with Gasteiger partial charge in [0.15, 0.2) is 0 Å². The summed E-state index contributed by atoms with van der Waals surface area (Å²) in [7, 11) is 0. The van der Waals surface area contributed by atoms with Crippen molar-refractivity contribution in [2.75, 3.05) is 6.54 Å². The molecule has 4 heterocycles. The van der Waals surface area contributed by atoms with Crippen LogP contribution in [0, 0.1) is 6.92 Å². The normalized spacial score (nSPS) is 17.7. The van der Waals surface area contributed by atoms with E-state index in [1.807, 2.05) is 63.9 Å². The van der Waals surface area contributed by atoms with Gasteiger partial charge in [-0.2, -0.15) is 5.10 Å². The summed E-state index contributed by atoms with van der Waals surface area (Å²) in [6.45, 7) is 3.63. The molecule has 0 bridgehead atoms. The third-order valence-electron chi connectivity index (χ3n) is 4.60. The van der Waals surface area contributed by atoms with Crippen LogP contribution in [0.1, 0.15) is 24.1 Å². The summed E-state index contributed by atoms with van der Waals surface area (Å²) in [5, 5.41) is 4.35. The fraction of sp³-hybridized carbons (Fsp3) is 0.389. The molecule has 0 radical (unpaired) electrons. The summed E-state index contributed by atoms with van der Waals surface area (Å²) >= 11 is 0. The Kier molecular flexibility index (Phi) is 3.80. The molecular formula is C18H21N5O. The predicted octanol–water partition coefficient (Wildman–Crippen LogP) is 2.07. The molecule has 6 nitrogen and oxygen atoms in total. The van der Waals surface area contributed by atoms with Crippen molar-refractivity contribution in [1.82, 2.24) is 24.1 Å². The highest BCUT2D eigenvalue weighted by atomic mass is 16.2. The van der Waals surface area contributed by atoms with Crippen LogP contribution in [0.2, 0.25) is 0 Å². The third-order valence-corrected chi connectivity index (χ3v) is 4.60. The third kappa shape index (κ3) is 2.91. The quantitative estimate of drug-likeness (QED) is 0.738. The first-order chi connectivity index (χ1) is 11.7. The van der Waals surface area contributed by atoms with Crippen LogP contribution in [0.15, 0.2) is 43.0 Å². The number of amides is 1. The van der Waals surface area contributed by atoms with Gasteiger partial charge in [0, 0.05) is 25.1 Å². The van der Waals surface area contributed by atoms with Gasteiger partial charge in [-0.15, -0.1) is 0 Å². The zero-order chi connectivity index (χ0) is 16.5. The lowest BCUT2D eigenvalue weighted by molar-refractivity contribution is -0.131. The van der Waals surface area contributed by atoms with E-state index in [1.165, 1.54) is 0 Å². The minimum absolute atomic E-state index is 0.157. The van der Waals surface area contributed by atoms with Gasteiger partial charge in [0.1, 0.15) is 5.65 Å². The highest BCUT2D eigenvalue weighted by Crippen LogP contribution is 2.20. The molecule has 0 aliphatic carbocycles. The molecule has 1 amide bonds. The SMILES string of the molecule is Cc1cnn(CC2CCCN2C(=O)Cc2cn3ccccc3n2)c1. The molecule has 6 heteroatoms. The Bertz CT molecular complexity index is 832. The number of likely N-dealkylation sites (tertiary alicyclic amines) is 1. The summed E-state index contributed by atoms with van der Waals surface area (Å²) in [5.41, 5.74) is 2.85. The number of aryl methyl sites for hydroxylation is 1. The van der Waals surface area contributed by atoms with Gasteiger partial charge >= 0.3 is 0 Å². The molecule has 1 saturated heterocycles. The van der Waals surface area contributed by atoms with E-state index in [0.717, 1.165) is 42.8 Å². The number of nitrogens with zero attached hydrogens (tertiary/aromatic N) is 5. The summed E-state index contributed by atoms with van der Waals surface area (Å²) in [4.78, 5) is 19.3. The standard InChI is InChI=1S/C18H21N5O/c1-14-10-19-22(11-14)13-16-5-4-8-23(16)18(24)9-15-12-21-7-3-2-6-17(21)20-15/h2-3,6-7,10-12,16H,4-5,8-9,13H2,1H3. The maximum atomic E-state index is 12.7. The molecule has 1 atom stereocenters. The van der Waals surface area contributed by atoms with Crippen molar-refractivity contribution in [3.05, 3.63) is 54.2 Å². The van der Waals surface area contributed by atoms with Gasteiger partial charge in [0.25, 0.3) is 0 Å². The number of carbonyl (C=O) groups excluding carboxylic acids is 1. The second-order valence-electron chi connectivity index (χ2n) is 6.50. The molecule has 3 aromatic heterocycles. The average molecular weight is 323 g/mol. The number of imidazole rings is 1. The molecule has 1 aliphatic rings. The zero-order valence-corrected chi connectivity index (χ0v) is 13.8. The van der Waals surface area contributed by atoms with Crippen molar-refractivity contribution in [2.45, 2.75) is 38.8 Å². The molecule has 0 aromatic carbocycles. The van der Waals surface area contributed by atoms with E-state index in [9.17, 15) is 4.79 Å². The Labute approximate surface area is 140 Å². The largest absolute Gasteiger partial charge is 0.338 e. The Morgan fingerprint density at radius 3 is 3.04 bits per heavy atom.